The molecule has 0 spiro atoms. The number of Topliss-reactive ketones (excluding diaryl/α,β-unsaturated/α-hetero) is 1. The van der Waals surface area contributed by atoms with Crippen molar-refractivity contribution in [1.82, 2.24) is 0 Å². The van der Waals surface area contributed by atoms with Crippen molar-refractivity contribution < 1.29 is 15.0 Å². The number of rotatable bonds is 2. The summed E-state index contributed by atoms with van der Waals surface area (Å²) in [5, 5.41) is 18.7. The van der Waals surface area contributed by atoms with Crippen LogP contribution in [-0.4, -0.2) is 16.0 Å². The lowest BCUT2D eigenvalue weighted by Crippen LogP contribution is -1.96. The van der Waals surface area contributed by atoms with Crippen molar-refractivity contribution in [3.05, 3.63) is 22.7 Å². The molecule has 0 bridgehead atoms. The van der Waals surface area contributed by atoms with E-state index >= 15 is 0 Å². The molecule has 0 amide bonds. The van der Waals surface area contributed by atoms with Gasteiger partial charge in [-0.1, -0.05) is 18.5 Å². The Hall–Kier alpha value is -1.22. The van der Waals surface area contributed by atoms with E-state index in [1.165, 1.54) is 12.1 Å². The van der Waals surface area contributed by atoms with E-state index in [1.54, 1.807) is 6.92 Å². The van der Waals surface area contributed by atoms with Crippen LogP contribution in [0.1, 0.15) is 23.7 Å². The van der Waals surface area contributed by atoms with E-state index in [4.69, 9.17) is 16.7 Å². The molecular formula is C9H9ClO3. The number of carbonyl (C=O) groups excluding carboxylic acids is 1. The molecule has 2 N–H and O–H groups in total. The highest BCUT2D eigenvalue weighted by atomic mass is 35.5. The molecule has 0 radical (unpaired) electrons. The zero-order valence-electron chi connectivity index (χ0n) is 7.04. The number of ketones is 1. The average molecular weight is 201 g/mol. The van der Waals surface area contributed by atoms with E-state index in [9.17, 15) is 9.90 Å². The Morgan fingerprint density at radius 2 is 2.08 bits per heavy atom. The van der Waals surface area contributed by atoms with Gasteiger partial charge in [-0.25, -0.2) is 0 Å². The monoisotopic (exact) mass is 200 g/mol. The molecule has 3 nitrogen and oxygen atoms in total. The number of benzene rings is 1. The lowest BCUT2D eigenvalue weighted by Gasteiger charge is -2.04. The van der Waals surface area contributed by atoms with Gasteiger partial charge in [0, 0.05) is 17.5 Å². The van der Waals surface area contributed by atoms with Crippen molar-refractivity contribution in [2.24, 2.45) is 0 Å². The van der Waals surface area contributed by atoms with Crippen LogP contribution < -0.4 is 0 Å². The maximum Gasteiger partial charge on any atom is 0.168 e. The van der Waals surface area contributed by atoms with Crippen molar-refractivity contribution >= 4 is 17.4 Å². The van der Waals surface area contributed by atoms with E-state index in [0.29, 0.717) is 0 Å². The number of hydrogen-bond acceptors (Lipinski definition) is 3. The van der Waals surface area contributed by atoms with E-state index in [2.05, 4.69) is 0 Å². The third kappa shape index (κ3) is 1.92. The quantitative estimate of drug-likeness (QED) is 0.569. The molecule has 1 aromatic carbocycles. The first-order valence-electron chi connectivity index (χ1n) is 3.81. The molecule has 4 heteroatoms. The standard InChI is InChI=1S/C9H9ClO3/c1-2-7(11)6-3-5(10)4-8(12)9(6)13/h3-4,12-13H,2H2,1H3. The molecule has 1 aromatic rings. The van der Waals surface area contributed by atoms with Crippen LogP contribution in [0.2, 0.25) is 5.02 Å². The van der Waals surface area contributed by atoms with Crippen molar-refractivity contribution in [2.75, 3.05) is 0 Å². The fraction of sp³-hybridized carbons (Fsp3) is 0.222. The zero-order valence-corrected chi connectivity index (χ0v) is 7.80. The molecule has 0 aromatic heterocycles. The van der Waals surface area contributed by atoms with Crippen LogP contribution in [-0.2, 0) is 0 Å². The second-order valence-electron chi connectivity index (χ2n) is 2.60. The van der Waals surface area contributed by atoms with Crippen LogP contribution in [0.15, 0.2) is 12.1 Å². The summed E-state index contributed by atoms with van der Waals surface area (Å²) < 4.78 is 0. The predicted octanol–water partition coefficient (Wildman–Crippen LogP) is 2.34. The zero-order chi connectivity index (χ0) is 10.0. The molecule has 0 fully saturated rings. The first-order valence-corrected chi connectivity index (χ1v) is 4.18. The number of phenols is 2. The largest absolute Gasteiger partial charge is 0.504 e. The third-order valence-corrected chi connectivity index (χ3v) is 1.89. The van der Waals surface area contributed by atoms with Gasteiger partial charge in [-0.15, -0.1) is 0 Å². The summed E-state index contributed by atoms with van der Waals surface area (Å²) in [6, 6.07) is 2.52. The van der Waals surface area contributed by atoms with Gasteiger partial charge < -0.3 is 10.2 Å². The molecule has 0 saturated heterocycles. The van der Waals surface area contributed by atoms with E-state index < -0.39 is 5.75 Å². The normalized spacial score (nSPS) is 10.0. The molecule has 0 unspecified atom stereocenters. The fourth-order valence-electron chi connectivity index (χ4n) is 0.988. The van der Waals surface area contributed by atoms with Gasteiger partial charge in [0.05, 0.1) is 5.56 Å². The Bertz CT molecular complexity index is 347. The van der Waals surface area contributed by atoms with Crippen molar-refractivity contribution in [1.29, 1.82) is 0 Å². The smallest absolute Gasteiger partial charge is 0.168 e. The molecule has 70 valence electrons. The third-order valence-electron chi connectivity index (χ3n) is 1.68. The first-order chi connectivity index (χ1) is 6.06. The first kappa shape index (κ1) is 9.86. The average Bonchev–Trinajstić information content (AvgIpc) is 2.10. The van der Waals surface area contributed by atoms with Gasteiger partial charge in [0.15, 0.2) is 17.3 Å². The molecule has 0 heterocycles. The molecule has 1 rings (SSSR count). The van der Waals surface area contributed by atoms with E-state index in [-0.39, 0.29) is 28.5 Å². The molecule has 0 atom stereocenters. The Kier molecular flexibility index (Phi) is 2.78. The summed E-state index contributed by atoms with van der Waals surface area (Å²) in [6.07, 6.45) is 0.257. The van der Waals surface area contributed by atoms with E-state index in [1.807, 2.05) is 0 Å². The summed E-state index contributed by atoms with van der Waals surface area (Å²) in [4.78, 5) is 11.2. The Balaban J connectivity index is 3.28. The minimum absolute atomic E-state index is 0.0625. The predicted molar refractivity (Wildman–Crippen MR) is 49.4 cm³/mol. The minimum Gasteiger partial charge on any atom is -0.504 e. The van der Waals surface area contributed by atoms with Gasteiger partial charge in [-0.05, 0) is 6.07 Å². The van der Waals surface area contributed by atoms with Crippen LogP contribution in [0.3, 0.4) is 0 Å². The van der Waals surface area contributed by atoms with Crippen molar-refractivity contribution in [3.8, 4) is 11.5 Å². The fourth-order valence-corrected chi connectivity index (χ4v) is 1.20. The summed E-state index contributed by atoms with van der Waals surface area (Å²) in [5.74, 6) is -1.03. The Labute approximate surface area is 80.6 Å². The van der Waals surface area contributed by atoms with Crippen LogP contribution in [0, 0.1) is 0 Å². The van der Waals surface area contributed by atoms with Gasteiger partial charge in [-0.2, -0.15) is 0 Å². The minimum atomic E-state index is -0.406. The molecular weight excluding hydrogens is 192 g/mol. The van der Waals surface area contributed by atoms with Crippen LogP contribution >= 0.6 is 11.6 Å². The molecule has 13 heavy (non-hydrogen) atoms. The van der Waals surface area contributed by atoms with Gasteiger partial charge in [0.1, 0.15) is 0 Å². The van der Waals surface area contributed by atoms with Crippen molar-refractivity contribution in [2.45, 2.75) is 13.3 Å². The SMILES string of the molecule is CCC(=O)c1cc(Cl)cc(O)c1O. The Morgan fingerprint density at radius 1 is 1.46 bits per heavy atom. The summed E-state index contributed by atoms with van der Waals surface area (Å²) in [6.45, 7) is 1.67. The number of phenolic OH excluding ortho intramolecular Hbond substituents is 2. The van der Waals surface area contributed by atoms with Crippen LogP contribution in [0.5, 0.6) is 11.5 Å². The van der Waals surface area contributed by atoms with Crippen LogP contribution in [0.4, 0.5) is 0 Å². The van der Waals surface area contributed by atoms with Crippen LogP contribution in [0.25, 0.3) is 0 Å². The highest BCUT2D eigenvalue weighted by molar-refractivity contribution is 6.31. The number of aromatic hydroxyl groups is 2. The molecule has 0 saturated carbocycles. The molecule has 0 aliphatic carbocycles. The number of hydrogen-bond donors (Lipinski definition) is 2. The molecule has 0 aliphatic rings. The van der Waals surface area contributed by atoms with Gasteiger partial charge in [-0.3, -0.25) is 4.79 Å². The maximum atomic E-state index is 11.2. The Morgan fingerprint density at radius 3 is 2.62 bits per heavy atom. The van der Waals surface area contributed by atoms with Gasteiger partial charge in [0.25, 0.3) is 0 Å². The van der Waals surface area contributed by atoms with Gasteiger partial charge >= 0.3 is 0 Å². The number of halogens is 1. The topological polar surface area (TPSA) is 57.5 Å². The molecule has 0 aliphatic heterocycles. The second-order valence-corrected chi connectivity index (χ2v) is 3.03. The highest BCUT2D eigenvalue weighted by Gasteiger charge is 2.13. The second kappa shape index (κ2) is 3.66. The maximum absolute atomic E-state index is 11.2. The lowest BCUT2D eigenvalue weighted by molar-refractivity contribution is 0.0985. The lowest BCUT2D eigenvalue weighted by atomic mass is 10.1. The van der Waals surface area contributed by atoms with E-state index in [0.717, 1.165) is 0 Å². The van der Waals surface area contributed by atoms with Gasteiger partial charge in [0.2, 0.25) is 0 Å². The summed E-state index contributed by atoms with van der Waals surface area (Å²) >= 11 is 5.60. The number of carbonyl (C=O) groups is 1. The van der Waals surface area contributed by atoms with Crippen molar-refractivity contribution in [3.63, 3.8) is 0 Å². The highest BCUT2D eigenvalue weighted by Crippen LogP contribution is 2.32. The summed E-state index contributed by atoms with van der Waals surface area (Å²) in [5.41, 5.74) is 0.0625. The summed E-state index contributed by atoms with van der Waals surface area (Å²) in [7, 11) is 0.